The molecular formula is C21H36N2O4. The third kappa shape index (κ3) is 7.75. The van der Waals surface area contributed by atoms with Crippen LogP contribution in [0.2, 0.25) is 0 Å². The Morgan fingerprint density at radius 2 is 1.85 bits per heavy atom. The Kier molecular flexibility index (Phi) is 8.08. The Labute approximate surface area is 163 Å². The highest BCUT2D eigenvalue weighted by atomic mass is 16.6. The van der Waals surface area contributed by atoms with Gasteiger partial charge in [-0.15, -0.1) is 0 Å². The van der Waals surface area contributed by atoms with Crippen LogP contribution in [0.3, 0.4) is 0 Å². The van der Waals surface area contributed by atoms with Crippen molar-refractivity contribution in [2.24, 2.45) is 17.1 Å². The molecule has 0 bridgehead atoms. The van der Waals surface area contributed by atoms with E-state index in [-0.39, 0.29) is 23.5 Å². The van der Waals surface area contributed by atoms with Gasteiger partial charge >= 0.3 is 12.1 Å². The Morgan fingerprint density at radius 1 is 1.22 bits per heavy atom. The van der Waals surface area contributed by atoms with Gasteiger partial charge in [-0.2, -0.15) is 0 Å². The SMILES string of the molecule is CC(C)OC(=O)[C@@H](C[C@@H]([C@@H](C)N)C1(C)C=CC=CC1)NC(=O)OC(C)(C)C. The van der Waals surface area contributed by atoms with E-state index in [2.05, 4.69) is 24.4 Å². The van der Waals surface area contributed by atoms with Gasteiger partial charge in [0.2, 0.25) is 0 Å². The monoisotopic (exact) mass is 380 g/mol. The molecule has 6 nitrogen and oxygen atoms in total. The van der Waals surface area contributed by atoms with Crippen LogP contribution in [0.15, 0.2) is 24.3 Å². The highest BCUT2D eigenvalue weighted by Crippen LogP contribution is 2.40. The fourth-order valence-corrected chi connectivity index (χ4v) is 3.34. The van der Waals surface area contributed by atoms with Crippen LogP contribution in [0.4, 0.5) is 4.79 Å². The molecule has 1 unspecified atom stereocenters. The Bertz CT molecular complexity index is 575. The van der Waals surface area contributed by atoms with Gasteiger partial charge in [0.1, 0.15) is 11.6 Å². The molecule has 1 aliphatic carbocycles. The van der Waals surface area contributed by atoms with E-state index in [1.54, 1.807) is 34.6 Å². The van der Waals surface area contributed by atoms with Crippen molar-refractivity contribution < 1.29 is 19.1 Å². The van der Waals surface area contributed by atoms with Crippen molar-refractivity contribution in [2.75, 3.05) is 0 Å². The summed E-state index contributed by atoms with van der Waals surface area (Å²) in [5.41, 5.74) is 5.43. The zero-order valence-electron chi connectivity index (χ0n) is 17.7. The minimum absolute atomic E-state index is 0.0293. The average Bonchev–Trinajstić information content (AvgIpc) is 2.48. The lowest BCUT2D eigenvalue weighted by molar-refractivity contribution is -0.150. The fourth-order valence-electron chi connectivity index (χ4n) is 3.34. The summed E-state index contributed by atoms with van der Waals surface area (Å²) in [4.78, 5) is 24.9. The molecule has 0 aromatic carbocycles. The molecule has 27 heavy (non-hydrogen) atoms. The quantitative estimate of drug-likeness (QED) is 0.657. The van der Waals surface area contributed by atoms with E-state index in [1.165, 1.54) is 0 Å². The maximum atomic E-state index is 12.6. The van der Waals surface area contributed by atoms with Crippen molar-refractivity contribution in [2.45, 2.75) is 85.1 Å². The number of carbonyl (C=O) groups is 2. The van der Waals surface area contributed by atoms with E-state index in [0.717, 1.165) is 6.42 Å². The highest BCUT2D eigenvalue weighted by Gasteiger charge is 2.39. The second-order valence-electron chi connectivity index (χ2n) is 8.88. The maximum Gasteiger partial charge on any atom is 0.408 e. The van der Waals surface area contributed by atoms with Crippen molar-refractivity contribution in [1.82, 2.24) is 5.32 Å². The predicted molar refractivity (Wildman–Crippen MR) is 107 cm³/mol. The number of hydrogen-bond donors (Lipinski definition) is 2. The third-order valence-corrected chi connectivity index (χ3v) is 4.58. The number of amides is 1. The van der Waals surface area contributed by atoms with E-state index < -0.39 is 23.7 Å². The minimum atomic E-state index is -0.825. The van der Waals surface area contributed by atoms with Crippen LogP contribution in [-0.4, -0.2) is 35.9 Å². The standard InChI is InChI=1S/C21H36N2O4/c1-14(2)26-18(24)17(23-19(25)27-20(4,5)6)13-16(15(3)22)21(7)11-9-8-10-12-21/h8-11,14-17H,12-13,22H2,1-7H3,(H,23,25)/t15-,16+,17-,21?/m1/s1. The number of alkyl carbamates (subject to hydrolysis) is 1. The summed E-state index contributed by atoms with van der Waals surface area (Å²) in [6.45, 7) is 12.9. The van der Waals surface area contributed by atoms with Crippen molar-refractivity contribution in [3.05, 3.63) is 24.3 Å². The number of ether oxygens (including phenoxy) is 2. The Balaban J connectivity index is 3.02. The summed E-state index contributed by atoms with van der Waals surface area (Å²) in [6, 6.07) is -0.990. The molecule has 0 spiro atoms. The van der Waals surface area contributed by atoms with Crippen LogP contribution in [0.1, 0.15) is 61.3 Å². The number of hydrogen-bond acceptors (Lipinski definition) is 5. The first kappa shape index (κ1) is 23.2. The second kappa shape index (κ2) is 9.40. The first-order valence-electron chi connectivity index (χ1n) is 9.64. The summed E-state index contributed by atoms with van der Waals surface area (Å²) in [7, 11) is 0. The van der Waals surface area contributed by atoms with E-state index in [9.17, 15) is 9.59 Å². The van der Waals surface area contributed by atoms with Crippen LogP contribution in [0, 0.1) is 11.3 Å². The van der Waals surface area contributed by atoms with Gasteiger partial charge in [0.25, 0.3) is 0 Å². The molecule has 154 valence electrons. The first-order chi connectivity index (χ1) is 12.3. The largest absolute Gasteiger partial charge is 0.461 e. The van der Waals surface area contributed by atoms with Crippen LogP contribution < -0.4 is 11.1 Å². The maximum absolute atomic E-state index is 12.6. The zero-order chi connectivity index (χ0) is 20.8. The van der Waals surface area contributed by atoms with Crippen LogP contribution in [0.25, 0.3) is 0 Å². The number of esters is 1. The van der Waals surface area contributed by atoms with E-state index in [4.69, 9.17) is 15.2 Å². The molecule has 1 rings (SSSR count). The van der Waals surface area contributed by atoms with E-state index in [0.29, 0.717) is 6.42 Å². The smallest absolute Gasteiger partial charge is 0.408 e. The summed E-state index contributed by atoms with van der Waals surface area (Å²) in [6.07, 6.45) is 8.51. The Morgan fingerprint density at radius 3 is 2.30 bits per heavy atom. The van der Waals surface area contributed by atoms with E-state index in [1.807, 2.05) is 19.1 Å². The van der Waals surface area contributed by atoms with Crippen LogP contribution >= 0.6 is 0 Å². The molecule has 0 aromatic rings. The predicted octanol–water partition coefficient (Wildman–Crippen LogP) is 3.71. The van der Waals surface area contributed by atoms with E-state index >= 15 is 0 Å². The molecule has 0 saturated heterocycles. The highest BCUT2D eigenvalue weighted by molar-refractivity contribution is 5.81. The average molecular weight is 381 g/mol. The van der Waals surface area contributed by atoms with Gasteiger partial charge in [0, 0.05) is 6.04 Å². The molecule has 0 fully saturated rings. The Hall–Kier alpha value is -1.82. The van der Waals surface area contributed by atoms with Crippen LogP contribution in [0.5, 0.6) is 0 Å². The number of allylic oxidation sites excluding steroid dienone is 4. The molecule has 0 aliphatic heterocycles. The summed E-state index contributed by atoms with van der Waals surface area (Å²) in [5, 5.41) is 2.69. The fraction of sp³-hybridized carbons (Fsp3) is 0.714. The van der Waals surface area contributed by atoms with Gasteiger partial charge in [-0.05, 0) is 65.7 Å². The summed E-state index contributed by atoms with van der Waals surface area (Å²) < 4.78 is 10.7. The zero-order valence-corrected chi connectivity index (χ0v) is 17.7. The lowest BCUT2D eigenvalue weighted by Gasteiger charge is -2.40. The van der Waals surface area contributed by atoms with Gasteiger partial charge in [0.05, 0.1) is 6.10 Å². The van der Waals surface area contributed by atoms with Crippen molar-refractivity contribution in [1.29, 1.82) is 0 Å². The van der Waals surface area contributed by atoms with Crippen LogP contribution in [-0.2, 0) is 14.3 Å². The van der Waals surface area contributed by atoms with Gasteiger partial charge in [-0.25, -0.2) is 9.59 Å². The summed E-state index contributed by atoms with van der Waals surface area (Å²) in [5.74, 6) is -0.501. The minimum Gasteiger partial charge on any atom is -0.461 e. The van der Waals surface area contributed by atoms with Gasteiger partial charge in [-0.1, -0.05) is 31.2 Å². The molecule has 3 N–H and O–H groups in total. The molecule has 0 aromatic heterocycles. The van der Waals surface area contributed by atoms with Gasteiger partial charge < -0.3 is 20.5 Å². The van der Waals surface area contributed by atoms with Gasteiger partial charge in [-0.3, -0.25) is 0 Å². The molecule has 6 heteroatoms. The molecule has 0 heterocycles. The number of nitrogens with one attached hydrogen (secondary N) is 1. The molecule has 0 saturated carbocycles. The molecule has 1 aliphatic rings. The number of rotatable bonds is 7. The number of nitrogens with two attached hydrogens (primary N) is 1. The second-order valence-corrected chi connectivity index (χ2v) is 8.88. The van der Waals surface area contributed by atoms with Crippen molar-refractivity contribution >= 4 is 12.1 Å². The molecular weight excluding hydrogens is 344 g/mol. The normalized spacial score (nSPS) is 22.9. The van der Waals surface area contributed by atoms with Crippen molar-refractivity contribution in [3.8, 4) is 0 Å². The lowest BCUT2D eigenvalue weighted by Crippen LogP contribution is -2.49. The molecule has 0 radical (unpaired) electrons. The lowest BCUT2D eigenvalue weighted by atomic mass is 9.67. The molecule has 4 atom stereocenters. The molecule has 1 amide bonds. The van der Waals surface area contributed by atoms with Crippen molar-refractivity contribution in [3.63, 3.8) is 0 Å². The number of carbonyl (C=O) groups excluding carboxylic acids is 2. The topological polar surface area (TPSA) is 90.6 Å². The van der Waals surface area contributed by atoms with Gasteiger partial charge in [0.15, 0.2) is 0 Å². The first-order valence-corrected chi connectivity index (χ1v) is 9.64. The summed E-state index contributed by atoms with van der Waals surface area (Å²) >= 11 is 0. The third-order valence-electron chi connectivity index (χ3n) is 4.58.